The van der Waals surface area contributed by atoms with Gasteiger partial charge in [-0.3, -0.25) is 0 Å². The van der Waals surface area contributed by atoms with Gasteiger partial charge in [-0.1, -0.05) is 35.4 Å². The molecule has 1 heteroatoms. The Labute approximate surface area is 113 Å². The summed E-state index contributed by atoms with van der Waals surface area (Å²) in [6, 6.07) is 6.88. The third-order valence-corrected chi connectivity index (χ3v) is 4.71. The number of fused-ring (bicyclic) bond motifs is 1. The summed E-state index contributed by atoms with van der Waals surface area (Å²) in [5.74, 6) is 0. The van der Waals surface area contributed by atoms with Gasteiger partial charge in [0.2, 0.25) is 0 Å². The Kier molecular flexibility index (Phi) is 2.74. The third-order valence-electron chi connectivity index (χ3n) is 3.53. The van der Waals surface area contributed by atoms with Crippen molar-refractivity contribution in [1.82, 2.24) is 0 Å². The van der Waals surface area contributed by atoms with Gasteiger partial charge in [0.05, 0.1) is 0 Å². The topological polar surface area (TPSA) is 0 Å². The van der Waals surface area contributed by atoms with E-state index in [9.17, 15) is 0 Å². The van der Waals surface area contributed by atoms with Crippen LogP contribution in [0.25, 0.3) is 5.57 Å². The first-order valence-corrected chi connectivity index (χ1v) is 7.32. The molecule has 0 nitrogen and oxygen atoms in total. The van der Waals surface area contributed by atoms with E-state index in [-0.39, 0.29) is 0 Å². The highest BCUT2D eigenvalue weighted by atomic mass is 32.2. The van der Waals surface area contributed by atoms with Crippen LogP contribution < -0.4 is 0 Å². The molecule has 1 aromatic rings. The van der Waals surface area contributed by atoms with E-state index in [4.69, 9.17) is 0 Å². The summed E-state index contributed by atoms with van der Waals surface area (Å²) in [7, 11) is 0. The lowest BCUT2D eigenvalue weighted by atomic mass is 9.95. The number of aryl methyl sites for hydroxylation is 2. The summed E-state index contributed by atoms with van der Waals surface area (Å²) in [5, 5.41) is 0.566. The van der Waals surface area contributed by atoms with Crippen molar-refractivity contribution < 1.29 is 0 Å². The van der Waals surface area contributed by atoms with E-state index in [1.165, 1.54) is 38.3 Å². The molecule has 2 aliphatic rings. The van der Waals surface area contributed by atoms with Gasteiger partial charge in [-0.05, 0) is 56.1 Å². The van der Waals surface area contributed by atoms with Gasteiger partial charge in [-0.15, -0.1) is 11.8 Å². The van der Waals surface area contributed by atoms with Gasteiger partial charge in [0.25, 0.3) is 0 Å². The van der Waals surface area contributed by atoms with Crippen molar-refractivity contribution in [2.24, 2.45) is 0 Å². The second kappa shape index (κ2) is 4.17. The molecule has 0 bridgehead atoms. The summed E-state index contributed by atoms with van der Waals surface area (Å²) in [6.45, 7) is 8.86. The fourth-order valence-corrected chi connectivity index (χ4v) is 4.23. The first-order chi connectivity index (χ1) is 8.54. The third kappa shape index (κ3) is 1.87. The molecule has 0 amide bonds. The van der Waals surface area contributed by atoms with Crippen LogP contribution >= 0.6 is 11.8 Å². The molecule has 0 aromatic heterocycles. The van der Waals surface area contributed by atoms with E-state index in [0.717, 1.165) is 0 Å². The van der Waals surface area contributed by atoms with Gasteiger partial charge in [-0.25, -0.2) is 0 Å². The van der Waals surface area contributed by atoms with Crippen LogP contribution in [-0.4, -0.2) is 5.25 Å². The Morgan fingerprint density at radius 3 is 2.28 bits per heavy atom. The molecule has 0 radical (unpaired) electrons. The lowest BCUT2D eigenvalue weighted by Gasteiger charge is -2.11. The molecule has 0 saturated heterocycles. The van der Waals surface area contributed by atoms with Crippen molar-refractivity contribution in [1.29, 1.82) is 0 Å². The second-order valence-corrected chi connectivity index (χ2v) is 6.74. The summed E-state index contributed by atoms with van der Waals surface area (Å²) < 4.78 is 0. The first kappa shape index (κ1) is 11.9. The van der Waals surface area contributed by atoms with Crippen LogP contribution in [0.5, 0.6) is 0 Å². The maximum absolute atomic E-state index is 2.33. The highest BCUT2D eigenvalue weighted by molar-refractivity contribution is 8.04. The second-order valence-electron chi connectivity index (χ2n) is 5.36. The minimum Gasteiger partial charge on any atom is -0.118 e. The molecule has 0 saturated carbocycles. The largest absolute Gasteiger partial charge is 0.118 e. The molecular weight excluding hydrogens is 236 g/mol. The molecule has 3 rings (SSSR count). The summed E-state index contributed by atoms with van der Waals surface area (Å²) >= 11 is 1.99. The maximum atomic E-state index is 2.33. The number of thioether (sulfide) groups is 1. The van der Waals surface area contributed by atoms with E-state index in [1.807, 2.05) is 11.8 Å². The smallest absolute Gasteiger partial charge is 0.0328 e. The number of hydrogen-bond donors (Lipinski definition) is 0. The van der Waals surface area contributed by atoms with Crippen molar-refractivity contribution in [2.75, 3.05) is 0 Å². The molecule has 0 fully saturated rings. The molecule has 1 aliphatic carbocycles. The van der Waals surface area contributed by atoms with Crippen LogP contribution in [0.15, 0.2) is 46.4 Å². The van der Waals surface area contributed by atoms with Crippen molar-refractivity contribution >= 4 is 17.3 Å². The molecule has 0 N–H and O–H groups in total. The fraction of sp³-hybridized carbons (Fsp3) is 0.294. The lowest BCUT2D eigenvalue weighted by molar-refractivity contribution is 1.25. The highest BCUT2D eigenvalue weighted by Crippen LogP contribution is 2.50. The van der Waals surface area contributed by atoms with Crippen molar-refractivity contribution in [3.8, 4) is 0 Å². The standard InChI is InChI=1S/C17H18S/c1-10-5-11(2)7-14(6-10)17-13(4)18-16-9-12(3)8-15(16)17/h5-9,13H,1-4H3. The minimum atomic E-state index is 0.566. The summed E-state index contributed by atoms with van der Waals surface area (Å²) in [5.41, 5.74) is 8.45. The predicted molar refractivity (Wildman–Crippen MR) is 81.7 cm³/mol. The molecule has 1 atom stereocenters. The quantitative estimate of drug-likeness (QED) is 0.677. The zero-order chi connectivity index (χ0) is 12.9. The fourth-order valence-electron chi connectivity index (χ4n) is 2.92. The number of allylic oxidation sites excluding steroid dienone is 4. The van der Waals surface area contributed by atoms with E-state index in [0.29, 0.717) is 5.25 Å². The molecule has 0 spiro atoms. The number of rotatable bonds is 1. The molecule has 1 unspecified atom stereocenters. The lowest BCUT2D eigenvalue weighted by Crippen LogP contribution is -1.98. The average Bonchev–Trinajstić information content (AvgIpc) is 2.70. The van der Waals surface area contributed by atoms with Crippen LogP contribution in [0.2, 0.25) is 0 Å². The zero-order valence-corrected chi connectivity index (χ0v) is 12.2. The molecule has 1 aliphatic heterocycles. The Morgan fingerprint density at radius 2 is 1.61 bits per heavy atom. The van der Waals surface area contributed by atoms with Gasteiger partial charge in [0.1, 0.15) is 0 Å². The maximum Gasteiger partial charge on any atom is 0.0328 e. The predicted octanol–water partition coefficient (Wildman–Crippen LogP) is 5.04. The Balaban J connectivity index is 2.19. The van der Waals surface area contributed by atoms with Gasteiger partial charge in [-0.2, -0.15) is 0 Å². The van der Waals surface area contributed by atoms with Gasteiger partial charge >= 0.3 is 0 Å². The monoisotopic (exact) mass is 254 g/mol. The zero-order valence-electron chi connectivity index (χ0n) is 11.4. The van der Waals surface area contributed by atoms with E-state index in [1.54, 1.807) is 0 Å². The minimum absolute atomic E-state index is 0.566. The summed E-state index contributed by atoms with van der Waals surface area (Å²) in [6.07, 6.45) is 4.64. The summed E-state index contributed by atoms with van der Waals surface area (Å²) in [4.78, 5) is 1.45. The van der Waals surface area contributed by atoms with E-state index >= 15 is 0 Å². The molecular formula is C17H18S. The highest BCUT2D eigenvalue weighted by Gasteiger charge is 2.29. The van der Waals surface area contributed by atoms with E-state index in [2.05, 4.69) is 58.0 Å². The van der Waals surface area contributed by atoms with Crippen LogP contribution in [0, 0.1) is 13.8 Å². The van der Waals surface area contributed by atoms with Gasteiger partial charge in [0.15, 0.2) is 0 Å². The van der Waals surface area contributed by atoms with Crippen LogP contribution in [0.4, 0.5) is 0 Å². The van der Waals surface area contributed by atoms with Gasteiger partial charge < -0.3 is 0 Å². The number of hydrogen-bond acceptors (Lipinski definition) is 1. The molecule has 18 heavy (non-hydrogen) atoms. The molecule has 1 aromatic carbocycles. The van der Waals surface area contributed by atoms with Crippen LogP contribution in [0.1, 0.15) is 30.5 Å². The van der Waals surface area contributed by atoms with Crippen molar-refractivity contribution in [2.45, 2.75) is 32.9 Å². The Bertz CT molecular complexity index is 594. The Morgan fingerprint density at radius 1 is 0.944 bits per heavy atom. The Hall–Kier alpha value is -1.21. The first-order valence-electron chi connectivity index (χ1n) is 6.44. The van der Waals surface area contributed by atoms with Crippen LogP contribution in [0.3, 0.4) is 0 Å². The molecule has 1 heterocycles. The van der Waals surface area contributed by atoms with Crippen molar-refractivity contribution in [3.05, 3.63) is 63.1 Å². The van der Waals surface area contributed by atoms with Crippen molar-refractivity contribution in [3.63, 3.8) is 0 Å². The van der Waals surface area contributed by atoms with E-state index < -0.39 is 0 Å². The van der Waals surface area contributed by atoms with Gasteiger partial charge in [0, 0.05) is 10.2 Å². The molecule has 92 valence electrons. The number of benzene rings is 1. The SMILES string of the molecule is CC1=CC2=C(c3cc(C)cc(C)c3)C(C)SC2=C1. The average molecular weight is 254 g/mol. The normalized spacial score (nSPS) is 22.1. The van der Waals surface area contributed by atoms with Crippen LogP contribution in [-0.2, 0) is 0 Å².